The lowest BCUT2D eigenvalue weighted by Crippen LogP contribution is -2.43. The summed E-state index contributed by atoms with van der Waals surface area (Å²) in [6, 6.07) is 1.91. The van der Waals surface area contributed by atoms with Crippen molar-refractivity contribution in [1.29, 1.82) is 0 Å². The van der Waals surface area contributed by atoms with Crippen LogP contribution in [-0.4, -0.2) is 60.4 Å². The van der Waals surface area contributed by atoms with Gasteiger partial charge in [0.15, 0.2) is 5.82 Å². The Kier molecular flexibility index (Phi) is 5.03. The summed E-state index contributed by atoms with van der Waals surface area (Å²) in [4.78, 5) is 12.8. The van der Waals surface area contributed by atoms with Gasteiger partial charge in [-0.1, -0.05) is 12.7 Å². The monoisotopic (exact) mass is 452 g/mol. The zero-order valence-electron chi connectivity index (χ0n) is 16.0. The molecule has 0 bridgehead atoms. The molecule has 3 heterocycles. The molecule has 0 amide bonds. The molecular weight excluding hydrogens is 430 g/mol. The molecule has 2 aliphatic heterocycles. The molecule has 0 unspecified atom stereocenters. The molecule has 2 saturated heterocycles. The van der Waals surface area contributed by atoms with Crippen molar-refractivity contribution in [3.8, 4) is 6.01 Å². The van der Waals surface area contributed by atoms with Crippen LogP contribution < -0.4 is 9.64 Å². The third-order valence-electron chi connectivity index (χ3n) is 5.73. The van der Waals surface area contributed by atoms with Crippen LogP contribution in [0.3, 0.4) is 0 Å². The van der Waals surface area contributed by atoms with Gasteiger partial charge in [0.25, 0.3) is 0 Å². The fourth-order valence-corrected chi connectivity index (χ4v) is 4.85. The van der Waals surface area contributed by atoms with Gasteiger partial charge in [-0.2, -0.15) is 9.97 Å². The van der Waals surface area contributed by atoms with E-state index in [-0.39, 0.29) is 17.1 Å². The summed E-state index contributed by atoms with van der Waals surface area (Å²) < 4.78 is 35.2. The highest BCUT2D eigenvalue weighted by Gasteiger charge is 2.49. The van der Waals surface area contributed by atoms with Gasteiger partial charge >= 0.3 is 6.01 Å². The second-order valence-corrected chi connectivity index (χ2v) is 8.58. The summed E-state index contributed by atoms with van der Waals surface area (Å²) in [6.07, 6.45) is 3.14. The van der Waals surface area contributed by atoms with Gasteiger partial charge in [0.05, 0.1) is 10.0 Å². The summed E-state index contributed by atoms with van der Waals surface area (Å²) in [5.41, 5.74) is 0.509. The van der Waals surface area contributed by atoms with Gasteiger partial charge in [0, 0.05) is 32.4 Å². The molecular formula is C20H23BrF2N4O. The number of hydrogen-bond donors (Lipinski definition) is 0. The van der Waals surface area contributed by atoms with Crippen molar-refractivity contribution in [2.75, 3.05) is 38.7 Å². The van der Waals surface area contributed by atoms with Crippen molar-refractivity contribution in [2.24, 2.45) is 0 Å². The molecule has 0 aliphatic carbocycles. The third-order valence-corrected chi connectivity index (χ3v) is 6.54. The molecule has 2 aliphatic rings. The Morgan fingerprint density at radius 2 is 2.25 bits per heavy atom. The van der Waals surface area contributed by atoms with E-state index in [1.165, 1.54) is 0 Å². The van der Waals surface area contributed by atoms with Gasteiger partial charge in [-0.3, -0.25) is 4.90 Å². The number of fused-ring (bicyclic) bond motifs is 2. The molecule has 4 rings (SSSR count). The van der Waals surface area contributed by atoms with Crippen molar-refractivity contribution in [3.63, 3.8) is 0 Å². The molecule has 5 nitrogen and oxygen atoms in total. The van der Waals surface area contributed by atoms with Crippen LogP contribution in [0.4, 0.5) is 14.6 Å². The summed E-state index contributed by atoms with van der Waals surface area (Å²) in [6.45, 7) is 5.38. The molecule has 2 atom stereocenters. The quantitative estimate of drug-likeness (QED) is 0.679. The van der Waals surface area contributed by atoms with Crippen LogP contribution in [-0.2, 0) is 0 Å². The Bertz CT molecular complexity index is 938. The van der Waals surface area contributed by atoms with Crippen LogP contribution in [0, 0.1) is 5.82 Å². The topological polar surface area (TPSA) is 41.5 Å². The van der Waals surface area contributed by atoms with Crippen LogP contribution in [0.2, 0.25) is 0 Å². The Labute approximate surface area is 171 Å². The number of benzene rings is 1. The van der Waals surface area contributed by atoms with E-state index in [9.17, 15) is 8.78 Å². The van der Waals surface area contributed by atoms with Gasteiger partial charge in [-0.15, -0.1) is 0 Å². The minimum absolute atomic E-state index is 0.108. The summed E-state index contributed by atoms with van der Waals surface area (Å²) in [7, 11) is 3.67. The summed E-state index contributed by atoms with van der Waals surface area (Å²) in [5.74, 6) is 0.0816. The standard InChI is InChI=1S/C20H23BrF2N4O/c1-4-12-8-14-17(16(23)15(12)21)24-19(25-18(14)26(2)3)28-11-20-6-5-7-27(20)10-13(22)9-20/h4,8,13H,1,5-7,9-11H2,2-3H3/t13-,20+/m1/s1. The molecule has 0 N–H and O–H groups in total. The Morgan fingerprint density at radius 3 is 2.96 bits per heavy atom. The van der Waals surface area contributed by atoms with Crippen molar-refractivity contribution >= 4 is 38.7 Å². The molecule has 1 aromatic heterocycles. The number of alkyl halides is 1. The number of aromatic nitrogens is 2. The normalized spacial score (nSPS) is 24.5. The van der Waals surface area contributed by atoms with E-state index < -0.39 is 12.0 Å². The zero-order valence-corrected chi connectivity index (χ0v) is 17.6. The van der Waals surface area contributed by atoms with Crippen molar-refractivity contribution in [3.05, 3.63) is 28.5 Å². The lowest BCUT2D eigenvalue weighted by atomic mass is 9.95. The fourth-order valence-electron chi connectivity index (χ4n) is 4.39. The minimum atomic E-state index is -0.829. The first-order chi connectivity index (χ1) is 13.3. The molecule has 2 fully saturated rings. The highest BCUT2D eigenvalue weighted by atomic mass is 79.9. The molecule has 0 radical (unpaired) electrons. The molecule has 1 aromatic carbocycles. The lowest BCUT2D eigenvalue weighted by molar-refractivity contribution is 0.107. The van der Waals surface area contributed by atoms with Crippen molar-refractivity contribution in [2.45, 2.75) is 31.0 Å². The predicted molar refractivity (Wildman–Crippen MR) is 110 cm³/mol. The highest BCUT2D eigenvalue weighted by molar-refractivity contribution is 9.10. The number of rotatable bonds is 5. The maximum Gasteiger partial charge on any atom is 0.319 e. The van der Waals surface area contributed by atoms with Gasteiger partial charge in [0.2, 0.25) is 0 Å². The van der Waals surface area contributed by atoms with E-state index in [4.69, 9.17) is 4.74 Å². The molecule has 2 aromatic rings. The number of nitrogens with zero attached hydrogens (tertiary/aromatic N) is 4. The summed E-state index contributed by atoms with van der Waals surface area (Å²) in [5, 5.41) is 0.582. The van der Waals surface area contributed by atoms with Crippen LogP contribution in [0.15, 0.2) is 17.1 Å². The van der Waals surface area contributed by atoms with Crippen LogP contribution in [0.25, 0.3) is 17.0 Å². The first-order valence-electron chi connectivity index (χ1n) is 9.36. The van der Waals surface area contributed by atoms with Crippen LogP contribution in [0.5, 0.6) is 6.01 Å². The van der Waals surface area contributed by atoms with E-state index in [1.807, 2.05) is 14.1 Å². The molecule has 0 spiro atoms. The Morgan fingerprint density at radius 1 is 1.46 bits per heavy atom. The van der Waals surface area contributed by atoms with Gasteiger partial charge < -0.3 is 9.64 Å². The average molecular weight is 453 g/mol. The average Bonchev–Trinajstić information content (AvgIpc) is 3.18. The van der Waals surface area contributed by atoms with Crippen molar-refractivity contribution < 1.29 is 13.5 Å². The molecule has 0 saturated carbocycles. The third kappa shape index (κ3) is 3.16. The Hall–Kier alpha value is -1.80. The smallest absolute Gasteiger partial charge is 0.319 e. The maximum absolute atomic E-state index is 15.0. The van der Waals surface area contributed by atoms with Crippen LogP contribution in [0.1, 0.15) is 24.8 Å². The van der Waals surface area contributed by atoms with E-state index >= 15 is 0 Å². The lowest BCUT2D eigenvalue weighted by Gasteiger charge is -2.31. The number of anilines is 1. The fraction of sp³-hybridized carbons (Fsp3) is 0.500. The first kappa shape index (κ1) is 19.5. The number of halogens is 3. The van der Waals surface area contributed by atoms with Gasteiger partial charge in [-0.25, -0.2) is 8.78 Å². The van der Waals surface area contributed by atoms with Gasteiger partial charge in [0.1, 0.15) is 24.1 Å². The molecule has 8 heteroatoms. The Balaban J connectivity index is 1.72. The number of hydrogen-bond acceptors (Lipinski definition) is 5. The van der Waals surface area contributed by atoms with E-state index in [1.54, 1.807) is 17.0 Å². The largest absolute Gasteiger partial charge is 0.461 e. The SMILES string of the molecule is C=Cc1cc2c(N(C)C)nc(OC[C@@]34CCCN3C[C@H](F)C4)nc2c(F)c1Br. The highest BCUT2D eigenvalue weighted by Crippen LogP contribution is 2.40. The van der Waals surface area contributed by atoms with E-state index in [0.717, 1.165) is 19.4 Å². The number of ether oxygens (including phenoxy) is 1. The molecule has 150 valence electrons. The van der Waals surface area contributed by atoms with E-state index in [2.05, 4.69) is 37.4 Å². The van der Waals surface area contributed by atoms with E-state index in [0.29, 0.717) is 40.8 Å². The first-order valence-corrected chi connectivity index (χ1v) is 10.2. The van der Waals surface area contributed by atoms with Crippen LogP contribution >= 0.6 is 15.9 Å². The zero-order chi connectivity index (χ0) is 20.1. The minimum Gasteiger partial charge on any atom is -0.461 e. The van der Waals surface area contributed by atoms with Gasteiger partial charge in [-0.05, 0) is 46.9 Å². The second-order valence-electron chi connectivity index (χ2n) is 7.78. The molecule has 28 heavy (non-hydrogen) atoms. The summed E-state index contributed by atoms with van der Waals surface area (Å²) >= 11 is 3.27. The maximum atomic E-state index is 15.0. The van der Waals surface area contributed by atoms with Crippen molar-refractivity contribution in [1.82, 2.24) is 14.9 Å². The predicted octanol–water partition coefficient (Wildman–Crippen LogP) is 4.20. The second kappa shape index (κ2) is 7.22.